The number of hydrogen-bond acceptors (Lipinski definition) is 1. The number of rotatable bonds is 3. The number of aryl methyl sites for hydroxylation is 1. The minimum Gasteiger partial charge on any atom is -0.294 e. The van der Waals surface area contributed by atoms with Gasteiger partial charge in [0.1, 0.15) is 5.82 Å². The Morgan fingerprint density at radius 3 is 2.58 bits per heavy atom. The van der Waals surface area contributed by atoms with Crippen LogP contribution in [0.25, 0.3) is 0 Å². The van der Waals surface area contributed by atoms with Gasteiger partial charge in [-0.15, -0.1) is 0 Å². The number of carbonyl (C=O) groups excluding carboxylic acids is 1. The van der Waals surface area contributed by atoms with Crippen LogP contribution in [-0.4, -0.2) is 5.78 Å². The Labute approximate surface area is 128 Å². The Hall–Kier alpha value is -1.00. The second-order valence-electron chi connectivity index (χ2n) is 4.32. The molecule has 0 aliphatic carbocycles. The highest BCUT2D eigenvalue weighted by Crippen LogP contribution is 2.22. The van der Waals surface area contributed by atoms with E-state index in [1.165, 1.54) is 6.07 Å². The van der Waals surface area contributed by atoms with Crippen molar-refractivity contribution in [1.29, 1.82) is 0 Å². The van der Waals surface area contributed by atoms with Gasteiger partial charge in [-0.2, -0.15) is 0 Å². The van der Waals surface area contributed by atoms with Crippen LogP contribution in [0.4, 0.5) is 4.39 Å². The van der Waals surface area contributed by atoms with Crippen LogP contribution < -0.4 is 0 Å². The molecule has 4 heteroatoms. The van der Waals surface area contributed by atoms with Gasteiger partial charge in [-0.1, -0.05) is 49.6 Å². The zero-order valence-corrected chi connectivity index (χ0v) is 13.4. The van der Waals surface area contributed by atoms with Crippen molar-refractivity contribution in [2.45, 2.75) is 13.3 Å². The van der Waals surface area contributed by atoms with Gasteiger partial charge in [0.25, 0.3) is 0 Å². The van der Waals surface area contributed by atoms with Gasteiger partial charge in [-0.3, -0.25) is 4.79 Å². The minimum absolute atomic E-state index is 0.0567. The zero-order chi connectivity index (χ0) is 14.0. The van der Waals surface area contributed by atoms with Gasteiger partial charge in [0.2, 0.25) is 0 Å². The van der Waals surface area contributed by atoms with Crippen LogP contribution in [0, 0.1) is 12.7 Å². The average Bonchev–Trinajstić information content (AvgIpc) is 2.35. The molecule has 0 saturated carbocycles. The second-order valence-corrected chi connectivity index (χ2v) is 6.09. The first-order valence-corrected chi connectivity index (χ1v) is 7.29. The molecule has 2 rings (SSSR count). The van der Waals surface area contributed by atoms with E-state index in [9.17, 15) is 9.18 Å². The number of Topliss-reactive ketones (excluding diaryl/α,β-unsaturated/α-hetero) is 1. The van der Waals surface area contributed by atoms with Gasteiger partial charge in [0.05, 0.1) is 0 Å². The first kappa shape index (κ1) is 14.4. The SMILES string of the molecule is Cc1ccc(Br)c(C(=O)Cc2ccc(Br)cc2F)c1. The van der Waals surface area contributed by atoms with Crippen molar-refractivity contribution in [3.05, 3.63) is 67.9 Å². The molecule has 0 unspecified atom stereocenters. The van der Waals surface area contributed by atoms with Gasteiger partial charge in [-0.25, -0.2) is 4.39 Å². The van der Waals surface area contributed by atoms with E-state index in [-0.39, 0.29) is 18.0 Å². The molecule has 0 radical (unpaired) electrons. The van der Waals surface area contributed by atoms with Crippen LogP contribution in [0.3, 0.4) is 0 Å². The van der Waals surface area contributed by atoms with Crippen LogP contribution in [0.15, 0.2) is 45.3 Å². The molecule has 2 aromatic rings. The van der Waals surface area contributed by atoms with Crippen LogP contribution in [0.5, 0.6) is 0 Å². The fourth-order valence-corrected chi connectivity index (χ4v) is 2.59. The summed E-state index contributed by atoms with van der Waals surface area (Å²) in [6, 6.07) is 10.3. The predicted molar refractivity (Wildman–Crippen MR) is 81.0 cm³/mol. The maximum atomic E-state index is 13.7. The first-order valence-electron chi connectivity index (χ1n) is 5.70. The van der Waals surface area contributed by atoms with Crippen molar-refractivity contribution < 1.29 is 9.18 Å². The molecule has 0 saturated heterocycles. The highest BCUT2D eigenvalue weighted by molar-refractivity contribution is 9.10. The summed E-state index contributed by atoms with van der Waals surface area (Å²) in [5.41, 5.74) is 1.99. The van der Waals surface area contributed by atoms with E-state index in [4.69, 9.17) is 0 Å². The van der Waals surface area contributed by atoms with Crippen LogP contribution >= 0.6 is 31.9 Å². The summed E-state index contributed by atoms with van der Waals surface area (Å²) in [6.45, 7) is 1.92. The molecule has 0 aliphatic heterocycles. The van der Waals surface area contributed by atoms with Crippen LogP contribution in [-0.2, 0) is 6.42 Å². The van der Waals surface area contributed by atoms with Gasteiger partial charge >= 0.3 is 0 Å². The Morgan fingerprint density at radius 2 is 1.89 bits per heavy atom. The lowest BCUT2D eigenvalue weighted by atomic mass is 10.0. The summed E-state index contributed by atoms with van der Waals surface area (Å²) in [7, 11) is 0. The third kappa shape index (κ3) is 3.51. The number of benzene rings is 2. The minimum atomic E-state index is -0.369. The summed E-state index contributed by atoms with van der Waals surface area (Å²) in [4.78, 5) is 12.2. The molecule has 0 fully saturated rings. The maximum absolute atomic E-state index is 13.7. The summed E-state index contributed by atoms with van der Waals surface area (Å²) < 4.78 is 15.1. The lowest BCUT2D eigenvalue weighted by Crippen LogP contribution is -2.06. The molecule has 0 amide bonds. The summed E-state index contributed by atoms with van der Waals surface area (Å²) in [5.74, 6) is -0.469. The van der Waals surface area contributed by atoms with E-state index in [0.717, 1.165) is 10.0 Å². The van der Waals surface area contributed by atoms with Gasteiger partial charge < -0.3 is 0 Å². The molecule has 1 nitrogen and oxygen atoms in total. The molecule has 0 aliphatic rings. The highest BCUT2D eigenvalue weighted by Gasteiger charge is 2.13. The molecule has 0 atom stereocenters. The first-order chi connectivity index (χ1) is 8.97. The number of carbonyl (C=O) groups is 1. The van der Waals surface area contributed by atoms with E-state index in [1.54, 1.807) is 12.1 Å². The topological polar surface area (TPSA) is 17.1 Å². The Balaban J connectivity index is 2.28. The molecular formula is C15H11Br2FO. The quantitative estimate of drug-likeness (QED) is 0.673. The third-order valence-corrected chi connectivity index (χ3v) is 3.97. The molecule has 98 valence electrons. The largest absolute Gasteiger partial charge is 0.294 e. The fourth-order valence-electron chi connectivity index (χ4n) is 1.79. The van der Waals surface area contributed by atoms with Crippen molar-refractivity contribution in [1.82, 2.24) is 0 Å². The van der Waals surface area contributed by atoms with Crippen molar-refractivity contribution >= 4 is 37.6 Å². The van der Waals surface area contributed by atoms with Crippen LogP contribution in [0.2, 0.25) is 0 Å². The van der Waals surface area contributed by atoms with Crippen molar-refractivity contribution in [3.8, 4) is 0 Å². The van der Waals surface area contributed by atoms with E-state index in [2.05, 4.69) is 31.9 Å². The monoisotopic (exact) mass is 384 g/mol. The Morgan fingerprint density at radius 1 is 1.16 bits per heavy atom. The smallest absolute Gasteiger partial charge is 0.168 e. The van der Waals surface area contributed by atoms with E-state index >= 15 is 0 Å². The average molecular weight is 386 g/mol. The Kier molecular flexibility index (Phi) is 4.53. The van der Waals surface area contributed by atoms with E-state index in [1.807, 2.05) is 25.1 Å². The predicted octanol–water partition coefficient (Wildman–Crippen LogP) is 5.08. The fraction of sp³-hybridized carbons (Fsp3) is 0.133. The van der Waals surface area contributed by atoms with E-state index in [0.29, 0.717) is 15.6 Å². The summed E-state index contributed by atoms with van der Waals surface area (Å²) in [5, 5.41) is 0. The number of hydrogen-bond donors (Lipinski definition) is 0. The molecule has 0 spiro atoms. The van der Waals surface area contributed by atoms with Crippen LogP contribution in [0.1, 0.15) is 21.5 Å². The molecule has 0 heterocycles. The van der Waals surface area contributed by atoms with Gasteiger partial charge in [-0.05, 0) is 36.8 Å². The normalized spacial score (nSPS) is 10.5. The van der Waals surface area contributed by atoms with Gasteiger partial charge in [0, 0.05) is 20.9 Å². The summed E-state index contributed by atoms with van der Waals surface area (Å²) >= 11 is 6.55. The van der Waals surface area contributed by atoms with Crippen molar-refractivity contribution in [2.24, 2.45) is 0 Å². The molecule has 0 aromatic heterocycles. The van der Waals surface area contributed by atoms with E-state index < -0.39 is 0 Å². The molecule has 19 heavy (non-hydrogen) atoms. The highest BCUT2D eigenvalue weighted by atomic mass is 79.9. The standard InChI is InChI=1S/C15H11Br2FO/c1-9-2-5-13(17)12(6-9)15(19)7-10-3-4-11(16)8-14(10)18/h2-6,8H,7H2,1H3. The lowest BCUT2D eigenvalue weighted by Gasteiger charge is -2.06. The molecule has 0 N–H and O–H groups in total. The van der Waals surface area contributed by atoms with Gasteiger partial charge in [0.15, 0.2) is 5.78 Å². The molecular weight excluding hydrogens is 375 g/mol. The third-order valence-electron chi connectivity index (χ3n) is 2.79. The second kappa shape index (κ2) is 5.97. The number of halogens is 3. The van der Waals surface area contributed by atoms with Crippen molar-refractivity contribution in [2.75, 3.05) is 0 Å². The molecule has 2 aromatic carbocycles. The van der Waals surface area contributed by atoms with Crippen molar-refractivity contribution in [3.63, 3.8) is 0 Å². The maximum Gasteiger partial charge on any atom is 0.168 e. The lowest BCUT2D eigenvalue weighted by molar-refractivity contribution is 0.0991. The molecule has 0 bridgehead atoms. The summed E-state index contributed by atoms with van der Waals surface area (Å²) in [6.07, 6.45) is 0.0567. The number of ketones is 1. The zero-order valence-electron chi connectivity index (χ0n) is 10.2. The Bertz CT molecular complexity index is 638.